The topological polar surface area (TPSA) is 40.5 Å². The second-order valence-corrected chi connectivity index (χ2v) is 4.03. The smallest absolute Gasteiger partial charge is 0.325 e. The molecular formula is C12H14FNO2. The highest BCUT2D eigenvalue weighted by Crippen LogP contribution is 2.26. The van der Waals surface area contributed by atoms with Crippen molar-refractivity contribution in [2.24, 2.45) is 0 Å². The van der Waals surface area contributed by atoms with Crippen molar-refractivity contribution in [3.63, 3.8) is 0 Å². The minimum atomic E-state index is -0.916. The van der Waals surface area contributed by atoms with E-state index in [-0.39, 0.29) is 6.54 Å². The van der Waals surface area contributed by atoms with Crippen LogP contribution in [0.4, 0.5) is 4.39 Å². The Morgan fingerprint density at radius 3 is 2.62 bits per heavy atom. The number of likely N-dealkylation sites (tertiary alicyclic amines) is 1. The maximum absolute atomic E-state index is 13.1. The third-order valence-electron chi connectivity index (χ3n) is 2.88. The van der Waals surface area contributed by atoms with Gasteiger partial charge in [0.05, 0.1) is 0 Å². The Bertz CT molecular complexity index is 369. The van der Waals surface area contributed by atoms with Gasteiger partial charge in [-0.2, -0.15) is 0 Å². The van der Waals surface area contributed by atoms with Gasteiger partial charge >= 0.3 is 5.97 Å². The molecule has 1 aromatic rings. The maximum atomic E-state index is 13.1. The number of benzene rings is 1. The lowest BCUT2D eigenvalue weighted by molar-refractivity contribution is -0.143. The summed E-state index contributed by atoms with van der Waals surface area (Å²) in [4.78, 5) is 12.9. The molecule has 1 fully saturated rings. The summed E-state index contributed by atoms with van der Waals surface area (Å²) in [5.74, 6) is -0.916. The van der Waals surface area contributed by atoms with Gasteiger partial charge in [0.2, 0.25) is 0 Å². The number of aliphatic carboxylic acids is 1. The molecular weight excluding hydrogens is 209 g/mol. The molecule has 0 unspecified atom stereocenters. The highest BCUT2D eigenvalue weighted by atomic mass is 19.1. The molecule has 3 nitrogen and oxygen atoms in total. The quantitative estimate of drug-likeness (QED) is 0.850. The van der Waals surface area contributed by atoms with Crippen molar-refractivity contribution in [1.29, 1.82) is 0 Å². The van der Waals surface area contributed by atoms with Crippen molar-refractivity contribution < 1.29 is 14.3 Å². The molecule has 2 rings (SSSR count). The molecule has 0 aromatic heterocycles. The van der Waals surface area contributed by atoms with Gasteiger partial charge in [-0.1, -0.05) is 30.3 Å². The summed E-state index contributed by atoms with van der Waals surface area (Å²) in [6.45, 7) is 0.721. The summed E-state index contributed by atoms with van der Waals surface area (Å²) in [6, 6.07) is 8.25. The van der Waals surface area contributed by atoms with Crippen LogP contribution >= 0.6 is 0 Å². The number of rotatable bonds is 3. The van der Waals surface area contributed by atoms with Crippen LogP contribution in [-0.2, 0) is 4.79 Å². The summed E-state index contributed by atoms with van der Waals surface area (Å²) in [6.07, 6.45) is -0.470. The lowest BCUT2D eigenvalue weighted by atomic mass is 10.1. The third-order valence-corrected chi connectivity index (χ3v) is 2.88. The van der Waals surface area contributed by atoms with Gasteiger partial charge in [0.15, 0.2) is 0 Å². The van der Waals surface area contributed by atoms with Crippen LogP contribution in [0.1, 0.15) is 18.0 Å². The predicted molar refractivity (Wildman–Crippen MR) is 57.9 cm³/mol. The summed E-state index contributed by atoms with van der Waals surface area (Å²) in [5, 5.41) is 9.21. The number of alkyl halides is 1. The molecule has 1 aromatic carbocycles. The molecule has 0 bridgehead atoms. The van der Waals surface area contributed by atoms with Crippen molar-refractivity contribution in [3.05, 3.63) is 35.9 Å². The van der Waals surface area contributed by atoms with Crippen LogP contribution in [0.3, 0.4) is 0 Å². The fourth-order valence-corrected chi connectivity index (χ4v) is 2.12. The van der Waals surface area contributed by atoms with E-state index in [1.165, 1.54) is 0 Å². The number of halogens is 1. The monoisotopic (exact) mass is 223 g/mol. The first-order chi connectivity index (χ1) is 7.68. The Balaban J connectivity index is 2.21. The summed E-state index contributed by atoms with van der Waals surface area (Å²) < 4.78 is 13.1. The number of carboxylic acid groups (broad SMARTS) is 1. The Kier molecular flexibility index (Phi) is 3.19. The molecule has 1 saturated heterocycles. The SMILES string of the molecule is O=C(O)[C@@H](c1ccccc1)N1CC[C@H](F)C1. The average molecular weight is 223 g/mol. The zero-order valence-corrected chi connectivity index (χ0v) is 8.84. The molecule has 2 atom stereocenters. The summed E-state index contributed by atoms with van der Waals surface area (Å²) in [7, 11) is 0. The highest BCUT2D eigenvalue weighted by molar-refractivity contribution is 5.75. The fraction of sp³-hybridized carbons (Fsp3) is 0.417. The molecule has 0 aliphatic carbocycles. The minimum Gasteiger partial charge on any atom is -0.480 e. The molecule has 1 N–H and O–H groups in total. The molecule has 4 heteroatoms. The second kappa shape index (κ2) is 4.61. The van der Waals surface area contributed by atoms with Crippen molar-refractivity contribution in [3.8, 4) is 0 Å². The van der Waals surface area contributed by atoms with Gasteiger partial charge in [-0.3, -0.25) is 9.69 Å². The first-order valence-corrected chi connectivity index (χ1v) is 5.34. The van der Waals surface area contributed by atoms with Gasteiger partial charge in [0, 0.05) is 13.1 Å². The third kappa shape index (κ3) is 2.22. The Labute approximate surface area is 93.5 Å². The largest absolute Gasteiger partial charge is 0.480 e. The Morgan fingerprint density at radius 2 is 2.12 bits per heavy atom. The van der Waals surface area contributed by atoms with E-state index in [4.69, 9.17) is 0 Å². The molecule has 1 heterocycles. The predicted octanol–water partition coefficient (Wildman–Crippen LogP) is 1.86. The van der Waals surface area contributed by atoms with E-state index in [9.17, 15) is 14.3 Å². The van der Waals surface area contributed by atoms with Crippen LogP contribution in [0, 0.1) is 0 Å². The van der Waals surface area contributed by atoms with E-state index in [0.29, 0.717) is 18.5 Å². The Hall–Kier alpha value is -1.42. The second-order valence-electron chi connectivity index (χ2n) is 4.03. The lowest BCUT2D eigenvalue weighted by Gasteiger charge is -2.23. The molecule has 1 aliphatic rings. The molecule has 16 heavy (non-hydrogen) atoms. The lowest BCUT2D eigenvalue weighted by Crippen LogP contribution is -2.32. The number of carbonyl (C=O) groups is 1. The van der Waals surface area contributed by atoms with Crippen molar-refractivity contribution in [1.82, 2.24) is 4.90 Å². The average Bonchev–Trinajstić information content (AvgIpc) is 2.66. The first kappa shape index (κ1) is 11.1. The molecule has 0 amide bonds. The van der Waals surface area contributed by atoms with Gasteiger partial charge in [0.25, 0.3) is 0 Å². The van der Waals surface area contributed by atoms with Crippen LogP contribution in [-0.4, -0.2) is 35.2 Å². The molecule has 0 saturated carbocycles. The van der Waals surface area contributed by atoms with Crippen molar-refractivity contribution >= 4 is 5.97 Å². The van der Waals surface area contributed by atoms with Gasteiger partial charge < -0.3 is 5.11 Å². The number of carboxylic acids is 1. The van der Waals surface area contributed by atoms with Gasteiger partial charge in [-0.25, -0.2) is 4.39 Å². The van der Waals surface area contributed by atoms with Gasteiger partial charge in [0.1, 0.15) is 12.2 Å². The van der Waals surface area contributed by atoms with Crippen LogP contribution in [0.2, 0.25) is 0 Å². The zero-order valence-electron chi connectivity index (χ0n) is 8.84. The fourth-order valence-electron chi connectivity index (χ4n) is 2.12. The molecule has 86 valence electrons. The van der Waals surface area contributed by atoms with Crippen LogP contribution in [0.5, 0.6) is 0 Å². The van der Waals surface area contributed by atoms with E-state index in [1.54, 1.807) is 29.2 Å². The van der Waals surface area contributed by atoms with E-state index in [2.05, 4.69) is 0 Å². The van der Waals surface area contributed by atoms with Crippen molar-refractivity contribution in [2.45, 2.75) is 18.6 Å². The number of hydrogen-bond donors (Lipinski definition) is 1. The summed E-state index contributed by atoms with van der Waals surface area (Å²) >= 11 is 0. The van der Waals surface area contributed by atoms with Crippen LogP contribution in [0.15, 0.2) is 30.3 Å². The van der Waals surface area contributed by atoms with E-state index >= 15 is 0 Å². The van der Waals surface area contributed by atoms with Gasteiger partial charge in [-0.15, -0.1) is 0 Å². The number of hydrogen-bond acceptors (Lipinski definition) is 2. The minimum absolute atomic E-state index is 0.214. The van der Waals surface area contributed by atoms with E-state index in [0.717, 1.165) is 0 Å². The van der Waals surface area contributed by atoms with Crippen LogP contribution in [0.25, 0.3) is 0 Å². The number of nitrogens with zero attached hydrogens (tertiary/aromatic N) is 1. The van der Waals surface area contributed by atoms with Crippen LogP contribution < -0.4 is 0 Å². The normalized spacial score (nSPS) is 23.2. The van der Waals surface area contributed by atoms with Crippen molar-refractivity contribution in [2.75, 3.05) is 13.1 Å². The standard InChI is InChI=1S/C12H14FNO2/c13-10-6-7-14(8-10)11(12(15)16)9-4-2-1-3-5-9/h1-5,10-11H,6-8H2,(H,15,16)/t10-,11+/m0/s1. The highest BCUT2D eigenvalue weighted by Gasteiger charge is 2.33. The van der Waals surface area contributed by atoms with E-state index < -0.39 is 18.2 Å². The molecule has 0 radical (unpaired) electrons. The van der Waals surface area contributed by atoms with E-state index in [1.807, 2.05) is 6.07 Å². The molecule has 0 spiro atoms. The maximum Gasteiger partial charge on any atom is 0.325 e. The first-order valence-electron chi connectivity index (χ1n) is 5.34. The zero-order chi connectivity index (χ0) is 11.5. The molecule has 1 aliphatic heterocycles. The Morgan fingerprint density at radius 1 is 1.44 bits per heavy atom. The summed E-state index contributed by atoms with van der Waals surface area (Å²) in [5.41, 5.74) is 0.712. The van der Waals surface area contributed by atoms with Gasteiger partial charge in [-0.05, 0) is 12.0 Å².